The Morgan fingerprint density at radius 1 is 1.14 bits per heavy atom. The van der Waals surface area contributed by atoms with Crippen LogP contribution in [0.1, 0.15) is 12.5 Å². The van der Waals surface area contributed by atoms with Gasteiger partial charge in [0.25, 0.3) is 11.8 Å². The van der Waals surface area contributed by atoms with Crippen molar-refractivity contribution < 1.29 is 14.3 Å². The Kier molecular flexibility index (Phi) is 6.07. The number of nitrogens with zero attached hydrogens (tertiary/aromatic N) is 1. The van der Waals surface area contributed by atoms with Gasteiger partial charge in [0.2, 0.25) is 0 Å². The van der Waals surface area contributed by atoms with Gasteiger partial charge in [-0.15, -0.1) is 6.58 Å². The van der Waals surface area contributed by atoms with Crippen LogP contribution < -0.4 is 10.1 Å². The predicted molar refractivity (Wildman–Crippen MR) is 112 cm³/mol. The zero-order valence-electron chi connectivity index (χ0n) is 15.2. The molecule has 1 N–H and O–H groups in total. The summed E-state index contributed by atoms with van der Waals surface area (Å²) in [5.41, 5.74) is 1.30. The van der Waals surface area contributed by atoms with Gasteiger partial charge in [-0.2, -0.15) is 0 Å². The molecule has 1 heterocycles. The average Bonchev–Trinajstić information content (AvgIpc) is 2.89. The van der Waals surface area contributed by atoms with E-state index in [2.05, 4.69) is 11.9 Å². The molecule has 5 nitrogen and oxygen atoms in total. The minimum absolute atomic E-state index is 0.0880. The Hall–Kier alpha value is -2.76. The van der Waals surface area contributed by atoms with E-state index >= 15 is 0 Å². The Morgan fingerprint density at radius 3 is 2.57 bits per heavy atom. The summed E-state index contributed by atoms with van der Waals surface area (Å²) in [6.45, 7) is 6.03. The van der Waals surface area contributed by atoms with Crippen molar-refractivity contribution in [1.82, 2.24) is 4.90 Å². The van der Waals surface area contributed by atoms with Gasteiger partial charge in [-0.1, -0.05) is 47.5 Å². The Balaban J connectivity index is 2.14. The quantitative estimate of drug-likeness (QED) is 0.521. The van der Waals surface area contributed by atoms with Gasteiger partial charge in [-0.05, 0) is 31.2 Å². The number of anilines is 1. The summed E-state index contributed by atoms with van der Waals surface area (Å²) < 4.78 is 5.61. The zero-order chi connectivity index (χ0) is 20.3. The van der Waals surface area contributed by atoms with Gasteiger partial charge in [-0.25, -0.2) is 0 Å². The van der Waals surface area contributed by atoms with Gasteiger partial charge < -0.3 is 10.1 Å². The molecule has 0 bridgehead atoms. The maximum Gasteiger partial charge on any atom is 0.278 e. The minimum atomic E-state index is -0.461. The highest BCUT2D eigenvalue weighted by molar-refractivity contribution is 6.41. The molecule has 144 valence electrons. The van der Waals surface area contributed by atoms with Crippen LogP contribution in [0.15, 0.2) is 60.8 Å². The Morgan fingerprint density at radius 2 is 1.89 bits per heavy atom. The first-order valence-corrected chi connectivity index (χ1v) is 9.39. The second-order valence-electron chi connectivity index (χ2n) is 5.94. The first-order valence-electron chi connectivity index (χ1n) is 8.63. The van der Waals surface area contributed by atoms with Crippen LogP contribution in [0.5, 0.6) is 5.75 Å². The van der Waals surface area contributed by atoms with Crippen LogP contribution >= 0.6 is 23.2 Å². The first kappa shape index (κ1) is 20.0. The average molecular weight is 417 g/mol. The predicted octanol–water partition coefficient (Wildman–Crippen LogP) is 4.77. The number of carbonyl (C=O) groups excluding carboxylic acids is 2. The molecule has 0 saturated heterocycles. The maximum absolute atomic E-state index is 13.0. The number of hydrogen-bond acceptors (Lipinski definition) is 4. The summed E-state index contributed by atoms with van der Waals surface area (Å²) in [6.07, 6.45) is 1.49. The van der Waals surface area contributed by atoms with Crippen molar-refractivity contribution in [3.8, 4) is 5.75 Å². The van der Waals surface area contributed by atoms with Gasteiger partial charge in [0.05, 0.1) is 22.9 Å². The molecule has 0 aromatic heterocycles. The smallest absolute Gasteiger partial charge is 0.278 e. The number of hydrogen-bond donors (Lipinski definition) is 1. The lowest BCUT2D eigenvalue weighted by Crippen LogP contribution is -2.32. The molecule has 0 radical (unpaired) electrons. The number of para-hydroxylation sites is 2. The second-order valence-corrected chi connectivity index (χ2v) is 6.78. The SMILES string of the molecule is C=CCN1C(=O)C(Nc2ccccc2OCC)=C(c2ccc(Cl)cc2Cl)C1=O. The van der Waals surface area contributed by atoms with E-state index in [4.69, 9.17) is 27.9 Å². The summed E-state index contributed by atoms with van der Waals surface area (Å²) in [5, 5.41) is 3.78. The molecule has 2 aromatic carbocycles. The van der Waals surface area contributed by atoms with Crippen LogP contribution in [0.4, 0.5) is 5.69 Å². The summed E-state index contributed by atoms with van der Waals surface area (Å²) in [6, 6.07) is 12.0. The van der Waals surface area contributed by atoms with Crippen LogP contribution in [0.3, 0.4) is 0 Å². The van der Waals surface area contributed by atoms with E-state index in [-0.39, 0.29) is 22.8 Å². The number of ether oxygens (including phenoxy) is 1. The van der Waals surface area contributed by atoms with Crippen molar-refractivity contribution in [2.45, 2.75) is 6.92 Å². The maximum atomic E-state index is 13.0. The highest BCUT2D eigenvalue weighted by Crippen LogP contribution is 2.36. The Labute approximate surface area is 173 Å². The molecule has 0 atom stereocenters. The summed E-state index contributed by atoms with van der Waals surface area (Å²) in [5.74, 6) is -0.343. The zero-order valence-corrected chi connectivity index (χ0v) is 16.7. The lowest BCUT2D eigenvalue weighted by Gasteiger charge is -2.14. The number of halogens is 2. The largest absolute Gasteiger partial charge is 0.492 e. The van der Waals surface area contributed by atoms with Crippen molar-refractivity contribution in [2.75, 3.05) is 18.5 Å². The van der Waals surface area contributed by atoms with Crippen molar-refractivity contribution in [2.24, 2.45) is 0 Å². The molecule has 0 fully saturated rings. The molecule has 0 saturated carbocycles. The van der Waals surface area contributed by atoms with Crippen LogP contribution in [-0.4, -0.2) is 29.9 Å². The Bertz CT molecular complexity index is 985. The van der Waals surface area contributed by atoms with E-state index in [1.807, 2.05) is 19.1 Å². The van der Waals surface area contributed by atoms with Gasteiger partial charge in [0, 0.05) is 17.1 Å². The molecule has 1 aliphatic rings. The summed E-state index contributed by atoms with van der Waals surface area (Å²) in [7, 11) is 0. The standard InChI is InChI=1S/C21H18Cl2N2O3/c1-3-11-25-20(26)18(14-10-9-13(22)12-15(14)23)19(21(25)27)24-16-7-5-6-8-17(16)28-4-2/h3,5-10,12,24H,1,4,11H2,2H3. The number of rotatable bonds is 7. The number of carbonyl (C=O) groups is 2. The highest BCUT2D eigenvalue weighted by atomic mass is 35.5. The first-order chi connectivity index (χ1) is 13.5. The number of imide groups is 1. The molecular formula is C21H18Cl2N2O3. The second kappa shape index (κ2) is 8.50. The van der Waals surface area contributed by atoms with E-state index in [9.17, 15) is 9.59 Å². The fraction of sp³-hybridized carbons (Fsp3) is 0.143. The van der Waals surface area contributed by atoms with Crippen LogP contribution in [0, 0.1) is 0 Å². The van der Waals surface area contributed by atoms with Crippen LogP contribution in [-0.2, 0) is 9.59 Å². The highest BCUT2D eigenvalue weighted by Gasteiger charge is 2.39. The van der Waals surface area contributed by atoms with Gasteiger partial charge >= 0.3 is 0 Å². The van der Waals surface area contributed by atoms with E-state index in [0.717, 1.165) is 4.90 Å². The van der Waals surface area contributed by atoms with Crippen LogP contribution in [0.2, 0.25) is 10.0 Å². The van der Waals surface area contributed by atoms with E-state index in [1.165, 1.54) is 12.1 Å². The molecule has 7 heteroatoms. The molecule has 0 spiro atoms. The van der Waals surface area contributed by atoms with Gasteiger partial charge in [-0.3, -0.25) is 14.5 Å². The normalized spacial score (nSPS) is 13.9. The van der Waals surface area contributed by atoms with Crippen molar-refractivity contribution in [1.29, 1.82) is 0 Å². The molecular weight excluding hydrogens is 399 g/mol. The minimum Gasteiger partial charge on any atom is -0.492 e. The molecule has 0 aliphatic carbocycles. The van der Waals surface area contributed by atoms with Crippen molar-refractivity contribution in [3.05, 3.63) is 76.4 Å². The monoisotopic (exact) mass is 416 g/mol. The van der Waals surface area contributed by atoms with Gasteiger partial charge in [0.15, 0.2) is 0 Å². The molecule has 0 unspecified atom stereocenters. The lowest BCUT2D eigenvalue weighted by molar-refractivity contribution is -0.136. The molecule has 2 amide bonds. The molecule has 28 heavy (non-hydrogen) atoms. The number of amides is 2. The van der Waals surface area contributed by atoms with Crippen LogP contribution in [0.25, 0.3) is 5.57 Å². The van der Waals surface area contributed by atoms with E-state index in [0.29, 0.717) is 28.6 Å². The third-order valence-electron chi connectivity index (χ3n) is 4.13. The number of benzene rings is 2. The fourth-order valence-electron chi connectivity index (χ4n) is 2.91. The molecule has 3 rings (SSSR count). The topological polar surface area (TPSA) is 58.6 Å². The molecule has 2 aromatic rings. The number of nitrogens with one attached hydrogen (secondary N) is 1. The van der Waals surface area contributed by atoms with E-state index in [1.54, 1.807) is 24.3 Å². The molecule has 1 aliphatic heterocycles. The van der Waals surface area contributed by atoms with E-state index < -0.39 is 11.8 Å². The third-order valence-corrected chi connectivity index (χ3v) is 4.67. The fourth-order valence-corrected chi connectivity index (χ4v) is 3.42. The summed E-state index contributed by atoms with van der Waals surface area (Å²) in [4.78, 5) is 27.1. The van der Waals surface area contributed by atoms with Crippen molar-refractivity contribution >= 4 is 46.3 Å². The summed E-state index contributed by atoms with van der Waals surface area (Å²) >= 11 is 12.3. The van der Waals surface area contributed by atoms with Crippen molar-refractivity contribution in [3.63, 3.8) is 0 Å². The third kappa shape index (κ3) is 3.77. The lowest BCUT2D eigenvalue weighted by atomic mass is 10.0. The van der Waals surface area contributed by atoms with Gasteiger partial charge in [0.1, 0.15) is 11.4 Å².